The maximum atomic E-state index is 13.7. The molecule has 0 aliphatic carbocycles. The first kappa shape index (κ1) is 19.9. The molecule has 2 aromatic carbocycles. The van der Waals surface area contributed by atoms with Crippen molar-refractivity contribution < 1.29 is 23.5 Å². The van der Waals surface area contributed by atoms with Crippen LogP contribution in [0.3, 0.4) is 0 Å². The van der Waals surface area contributed by atoms with Gasteiger partial charge in [0.1, 0.15) is 11.3 Å². The lowest BCUT2D eigenvalue weighted by atomic mass is 9.96. The van der Waals surface area contributed by atoms with E-state index < -0.39 is 11.9 Å². The molecule has 0 saturated carbocycles. The molecule has 7 nitrogen and oxygen atoms in total. The SMILES string of the molecule is COc1cc([C@H]2c3c(oc4cc(C)cc(C)c4c3=O)C(=O)N2Cc2ccco2)ccc1O. The standard InChI is InChI=1S/C25H21NO6/c1-13-9-14(2)20-19(10-13)32-24-21(23(20)28)22(15-6-7-17(27)18(11-15)30-3)26(25(24)29)12-16-5-4-8-31-16/h4-11,22,27H,12H2,1-3H3/t22-/m0/s1. The smallest absolute Gasteiger partial charge is 0.291 e. The maximum absolute atomic E-state index is 13.7. The van der Waals surface area contributed by atoms with Gasteiger partial charge < -0.3 is 23.6 Å². The van der Waals surface area contributed by atoms with E-state index >= 15 is 0 Å². The second-order valence-corrected chi connectivity index (χ2v) is 7.98. The first-order chi connectivity index (χ1) is 15.4. The van der Waals surface area contributed by atoms with E-state index in [4.69, 9.17) is 13.6 Å². The fourth-order valence-corrected chi connectivity index (χ4v) is 4.46. The van der Waals surface area contributed by atoms with Crippen LogP contribution in [0.15, 0.2) is 62.4 Å². The Labute approximate surface area is 183 Å². The first-order valence-electron chi connectivity index (χ1n) is 10.2. The molecule has 0 bridgehead atoms. The number of nitrogens with zero attached hydrogens (tertiary/aromatic N) is 1. The van der Waals surface area contributed by atoms with Crippen molar-refractivity contribution in [3.8, 4) is 11.5 Å². The fraction of sp³-hybridized carbons (Fsp3) is 0.200. The Morgan fingerprint density at radius 1 is 1.12 bits per heavy atom. The number of carbonyl (C=O) groups excluding carboxylic acids is 1. The Morgan fingerprint density at radius 2 is 1.94 bits per heavy atom. The van der Waals surface area contributed by atoms with E-state index in [0.29, 0.717) is 22.3 Å². The first-order valence-corrected chi connectivity index (χ1v) is 10.2. The lowest BCUT2D eigenvalue weighted by Gasteiger charge is -2.24. The summed E-state index contributed by atoms with van der Waals surface area (Å²) in [5.41, 5.74) is 2.77. The second kappa shape index (κ2) is 7.30. The van der Waals surface area contributed by atoms with Crippen LogP contribution in [0.25, 0.3) is 11.0 Å². The molecule has 1 aliphatic rings. The molecule has 0 unspecified atom stereocenters. The average molecular weight is 431 g/mol. The summed E-state index contributed by atoms with van der Waals surface area (Å²) >= 11 is 0. The summed E-state index contributed by atoms with van der Waals surface area (Å²) in [4.78, 5) is 28.7. The summed E-state index contributed by atoms with van der Waals surface area (Å²) in [6.45, 7) is 3.92. The van der Waals surface area contributed by atoms with Gasteiger partial charge in [-0.2, -0.15) is 0 Å². The van der Waals surface area contributed by atoms with E-state index in [1.54, 1.807) is 35.2 Å². The van der Waals surface area contributed by atoms with E-state index in [1.807, 2.05) is 19.9 Å². The third-order valence-corrected chi connectivity index (χ3v) is 5.84. The Bertz CT molecular complexity index is 1420. The van der Waals surface area contributed by atoms with Gasteiger partial charge >= 0.3 is 0 Å². The number of aryl methyl sites for hydroxylation is 2. The van der Waals surface area contributed by atoms with E-state index in [9.17, 15) is 14.7 Å². The molecule has 0 saturated heterocycles. The molecule has 2 aromatic heterocycles. The predicted molar refractivity (Wildman–Crippen MR) is 117 cm³/mol. The van der Waals surface area contributed by atoms with Gasteiger partial charge in [-0.1, -0.05) is 12.1 Å². The molecule has 5 rings (SSSR count). The molecule has 1 aliphatic heterocycles. The number of hydrogen-bond acceptors (Lipinski definition) is 6. The zero-order chi connectivity index (χ0) is 22.6. The number of phenols is 1. The summed E-state index contributed by atoms with van der Waals surface area (Å²) in [7, 11) is 1.45. The normalized spacial score (nSPS) is 15.4. The van der Waals surface area contributed by atoms with Crippen molar-refractivity contribution in [2.75, 3.05) is 7.11 Å². The van der Waals surface area contributed by atoms with Crippen molar-refractivity contribution in [2.24, 2.45) is 0 Å². The van der Waals surface area contributed by atoms with Crippen LogP contribution >= 0.6 is 0 Å². The van der Waals surface area contributed by atoms with Crippen molar-refractivity contribution in [1.29, 1.82) is 0 Å². The lowest BCUT2D eigenvalue weighted by Crippen LogP contribution is -2.29. The summed E-state index contributed by atoms with van der Waals surface area (Å²) in [6, 6.07) is 11.3. The number of furan rings is 1. The van der Waals surface area contributed by atoms with Crippen LogP contribution in [0.5, 0.6) is 11.5 Å². The molecule has 1 N–H and O–H groups in total. The van der Waals surface area contributed by atoms with Crippen molar-refractivity contribution >= 4 is 16.9 Å². The minimum Gasteiger partial charge on any atom is -0.504 e. The highest BCUT2D eigenvalue weighted by Gasteiger charge is 2.43. The van der Waals surface area contributed by atoms with Crippen LogP contribution < -0.4 is 10.2 Å². The molecule has 0 fully saturated rings. The largest absolute Gasteiger partial charge is 0.504 e. The topological polar surface area (TPSA) is 93.1 Å². The van der Waals surface area contributed by atoms with Crippen LogP contribution in [0.2, 0.25) is 0 Å². The Balaban J connectivity index is 1.78. The predicted octanol–water partition coefficient (Wildman–Crippen LogP) is 4.46. The minimum absolute atomic E-state index is 0.0242. The monoisotopic (exact) mass is 431 g/mol. The highest BCUT2D eigenvalue weighted by atomic mass is 16.5. The number of phenolic OH excluding ortho intramolecular Hbond substituents is 1. The number of hydrogen-bond donors (Lipinski definition) is 1. The molecule has 162 valence electrons. The Kier molecular flexibility index (Phi) is 4.55. The Morgan fingerprint density at radius 3 is 2.66 bits per heavy atom. The number of methoxy groups -OCH3 is 1. The molecular weight excluding hydrogens is 410 g/mol. The molecule has 3 heterocycles. The third-order valence-electron chi connectivity index (χ3n) is 5.84. The van der Waals surface area contributed by atoms with Crippen LogP contribution in [-0.4, -0.2) is 23.0 Å². The maximum Gasteiger partial charge on any atom is 0.291 e. The van der Waals surface area contributed by atoms with Gasteiger partial charge in [-0.25, -0.2) is 0 Å². The van der Waals surface area contributed by atoms with Crippen molar-refractivity contribution in [2.45, 2.75) is 26.4 Å². The van der Waals surface area contributed by atoms with E-state index in [2.05, 4.69) is 0 Å². The van der Waals surface area contributed by atoms with Gasteiger partial charge in [-0.3, -0.25) is 9.59 Å². The van der Waals surface area contributed by atoms with Gasteiger partial charge in [-0.05, 0) is 60.9 Å². The number of rotatable bonds is 4. The van der Waals surface area contributed by atoms with Gasteiger partial charge in [0, 0.05) is 0 Å². The zero-order valence-electron chi connectivity index (χ0n) is 17.8. The highest BCUT2D eigenvalue weighted by Crippen LogP contribution is 2.41. The van der Waals surface area contributed by atoms with E-state index in [1.165, 1.54) is 19.4 Å². The number of amides is 1. The van der Waals surface area contributed by atoms with Gasteiger partial charge in [-0.15, -0.1) is 0 Å². The highest BCUT2D eigenvalue weighted by molar-refractivity contribution is 5.99. The lowest BCUT2D eigenvalue weighted by molar-refractivity contribution is 0.0701. The van der Waals surface area contributed by atoms with Crippen LogP contribution in [-0.2, 0) is 6.54 Å². The molecular formula is C25H21NO6. The van der Waals surface area contributed by atoms with Crippen LogP contribution in [0, 0.1) is 13.8 Å². The van der Waals surface area contributed by atoms with Crippen molar-refractivity contribution in [3.05, 3.63) is 92.7 Å². The molecule has 1 atom stereocenters. The Hall–Kier alpha value is -4.00. The number of fused-ring (bicyclic) bond motifs is 2. The molecule has 0 radical (unpaired) electrons. The van der Waals surface area contributed by atoms with Gasteiger partial charge in [0.15, 0.2) is 16.9 Å². The second-order valence-electron chi connectivity index (χ2n) is 7.98. The van der Waals surface area contributed by atoms with Crippen molar-refractivity contribution in [3.63, 3.8) is 0 Å². The number of benzene rings is 2. The van der Waals surface area contributed by atoms with Crippen LogP contribution in [0.4, 0.5) is 0 Å². The average Bonchev–Trinajstić information content (AvgIpc) is 3.36. The molecule has 7 heteroatoms. The number of carbonyl (C=O) groups is 1. The van der Waals surface area contributed by atoms with Crippen molar-refractivity contribution in [1.82, 2.24) is 4.90 Å². The zero-order valence-corrected chi connectivity index (χ0v) is 17.8. The fourth-order valence-electron chi connectivity index (χ4n) is 4.46. The van der Waals surface area contributed by atoms with Gasteiger partial charge in [0.05, 0.1) is 36.9 Å². The molecule has 32 heavy (non-hydrogen) atoms. The van der Waals surface area contributed by atoms with Crippen LogP contribution in [0.1, 0.15) is 44.6 Å². The minimum atomic E-state index is -0.724. The summed E-state index contributed by atoms with van der Waals surface area (Å²) in [5, 5.41) is 10.5. The van der Waals surface area contributed by atoms with Gasteiger partial charge in [0.2, 0.25) is 5.76 Å². The van der Waals surface area contributed by atoms with E-state index in [-0.39, 0.29) is 34.8 Å². The van der Waals surface area contributed by atoms with Gasteiger partial charge in [0.25, 0.3) is 5.91 Å². The third kappa shape index (κ3) is 2.97. The van der Waals surface area contributed by atoms with E-state index in [0.717, 1.165) is 11.1 Å². The molecule has 0 spiro atoms. The number of ether oxygens (including phenoxy) is 1. The number of aromatic hydroxyl groups is 1. The molecule has 4 aromatic rings. The summed E-state index contributed by atoms with van der Waals surface area (Å²) in [5.74, 6) is 0.419. The molecule has 1 amide bonds. The summed E-state index contributed by atoms with van der Waals surface area (Å²) in [6.07, 6.45) is 1.53. The summed E-state index contributed by atoms with van der Waals surface area (Å²) < 4.78 is 16.8. The quantitative estimate of drug-likeness (QED) is 0.513.